The summed E-state index contributed by atoms with van der Waals surface area (Å²) >= 11 is 0. The number of nitrogens with one attached hydrogen (secondary N) is 1. The van der Waals surface area contributed by atoms with Crippen molar-refractivity contribution in [2.24, 2.45) is 5.16 Å². The molecular formula is C20H24N2O4. The Hall–Kier alpha value is -3.02. The lowest BCUT2D eigenvalue weighted by Crippen LogP contribution is -2.33. The fraction of sp³-hybridized carbons (Fsp3) is 0.300. The van der Waals surface area contributed by atoms with Crippen LogP contribution in [0.15, 0.2) is 53.7 Å². The molecule has 0 aliphatic heterocycles. The minimum absolute atomic E-state index is 0.227. The largest absolute Gasteiger partial charge is 0.493 e. The Morgan fingerprint density at radius 2 is 1.96 bits per heavy atom. The van der Waals surface area contributed by atoms with Gasteiger partial charge in [0.15, 0.2) is 11.5 Å². The monoisotopic (exact) mass is 356 g/mol. The zero-order chi connectivity index (χ0) is 18.8. The van der Waals surface area contributed by atoms with E-state index >= 15 is 0 Å². The summed E-state index contributed by atoms with van der Waals surface area (Å²) in [7, 11) is 1.58. The van der Waals surface area contributed by atoms with E-state index in [0.29, 0.717) is 24.7 Å². The van der Waals surface area contributed by atoms with Gasteiger partial charge in [-0.3, -0.25) is 4.79 Å². The Morgan fingerprint density at radius 3 is 2.65 bits per heavy atom. The number of ether oxygens (including phenoxy) is 2. The Balaban J connectivity index is 1.85. The summed E-state index contributed by atoms with van der Waals surface area (Å²) in [5.74, 6) is 1.06. The van der Waals surface area contributed by atoms with Crippen LogP contribution in [0.25, 0.3) is 0 Å². The molecule has 0 aliphatic rings. The van der Waals surface area contributed by atoms with Crippen molar-refractivity contribution in [2.45, 2.75) is 26.5 Å². The van der Waals surface area contributed by atoms with Crippen molar-refractivity contribution < 1.29 is 19.1 Å². The van der Waals surface area contributed by atoms with Crippen LogP contribution in [0, 0.1) is 0 Å². The molecule has 0 saturated carbocycles. The first kappa shape index (κ1) is 19.3. The lowest BCUT2D eigenvalue weighted by Gasteiger charge is -2.11. The SMILES string of the molecule is CCOc1ccc(/C=N\O[C@H](C)C(=O)NCc2ccccc2)cc1OC. The normalized spacial score (nSPS) is 11.8. The number of hydrogen-bond donors (Lipinski definition) is 1. The number of nitrogens with zero attached hydrogens (tertiary/aromatic N) is 1. The first-order valence-corrected chi connectivity index (χ1v) is 8.45. The van der Waals surface area contributed by atoms with Gasteiger partial charge in [0.25, 0.3) is 5.91 Å². The molecule has 0 radical (unpaired) electrons. The van der Waals surface area contributed by atoms with Gasteiger partial charge in [-0.25, -0.2) is 0 Å². The Morgan fingerprint density at radius 1 is 1.19 bits per heavy atom. The second-order valence-electron chi connectivity index (χ2n) is 5.53. The number of amides is 1. The topological polar surface area (TPSA) is 69.2 Å². The highest BCUT2D eigenvalue weighted by molar-refractivity contribution is 5.82. The summed E-state index contributed by atoms with van der Waals surface area (Å²) in [5.41, 5.74) is 1.81. The zero-order valence-corrected chi connectivity index (χ0v) is 15.3. The average molecular weight is 356 g/mol. The summed E-state index contributed by atoms with van der Waals surface area (Å²) in [6.07, 6.45) is 0.832. The van der Waals surface area contributed by atoms with Crippen LogP contribution in [-0.2, 0) is 16.2 Å². The van der Waals surface area contributed by atoms with Gasteiger partial charge in [0.2, 0.25) is 6.10 Å². The molecule has 26 heavy (non-hydrogen) atoms. The molecule has 6 nitrogen and oxygen atoms in total. The molecule has 1 atom stereocenters. The Bertz CT molecular complexity index is 732. The minimum Gasteiger partial charge on any atom is -0.493 e. The van der Waals surface area contributed by atoms with E-state index in [0.717, 1.165) is 11.1 Å². The molecule has 2 rings (SSSR count). The van der Waals surface area contributed by atoms with Gasteiger partial charge >= 0.3 is 0 Å². The van der Waals surface area contributed by atoms with Crippen LogP contribution in [0.3, 0.4) is 0 Å². The molecule has 0 heterocycles. The maximum atomic E-state index is 12.0. The van der Waals surface area contributed by atoms with Crippen molar-refractivity contribution >= 4 is 12.1 Å². The van der Waals surface area contributed by atoms with Crippen molar-refractivity contribution in [3.05, 3.63) is 59.7 Å². The summed E-state index contributed by atoms with van der Waals surface area (Å²) in [5, 5.41) is 6.70. The maximum absolute atomic E-state index is 12.0. The number of rotatable bonds is 9. The molecule has 138 valence electrons. The fourth-order valence-corrected chi connectivity index (χ4v) is 2.20. The standard InChI is InChI=1S/C20H24N2O4/c1-4-25-18-11-10-17(12-19(18)24-3)14-22-26-15(2)20(23)21-13-16-8-6-5-7-9-16/h5-12,14-15H,4,13H2,1-3H3,(H,21,23)/b22-14-/t15-/m1/s1. The van der Waals surface area contributed by atoms with Gasteiger partial charge in [0.1, 0.15) is 0 Å². The van der Waals surface area contributed by atoms with Gasteiger partial charge in [0.05, 0.1) is 19.9 Å². The van der Waals surface area contributed by atoms with E-state index < -0.39 is 6.10 Å². The second-order valence-corrected chi connectivity index (χ2v) is 5.53. The van der Waals surface area contributed by atoms with Crippen molar-refractivity contribution in [2.75, 3.05) is 13.7 Å². The third-order valence-corrected chi connectivity index (χ3v) is 3.59. The molecule has 0 saturated heterocycles. The number of methoxy groups -OCH3 is 1. The van der Waals surface area contributed by atoms with E-state index in [1.807, 2.05) is 43.3 Å². The maximum Gasteiger partial charge on any atom is 0.263 e. The number of carbonyl (C=O) groups excluding carboxylic acids is 1. The molecule has 0 unspecified atom stereocenters. The summed E-state index contributed by atoms with van der Waals surface area (Å²) in [6.45, 7) is 4.57. The van der Waals surface area contributed by atoms with E-state index in [-0.39, 0.29) is 5.91 Å². The molecule has 0 fully saturated rings. The molecule has 1 amide bonds. The number of carbonyl (C=O) groups is 1. The van der Waals surface area contributed by atoms with Gasteiger partial charge in [-0.15, -0.1) is 0 Å². The first-order chi connectivity index (χ1) is 12.6. The molecule has 0 spiro atoms. The summed E-state index contributed by atoms with van der Waals surface area (Å²) < 4.78 is 10.8. The highest BCUT2D eigenvalue weighted by Crippen LogP contribution is 2.27. The average Bonchev–Trinajstić information content (AvgIpc) is 2.68. The number of benzene rings is 2. The number of oxime groups is 1. The van der Waals surface area contributed by atoms with Crippen molar-refractivity contribution in [3.63, 3.8) is 0 Å². The highest BCUT2D eigenvalue weighted by Gasteiger charge is 2.13. The van der Waals surface area contributed by atoms with Crippen LogP contribution in [-0.4, -0.2) is 31.9 Å². The molecular weight excluding hydrogens is 332 g/mol. The first-order valence-electron chi connectivity index (χ1n) is 8.45. The lowest BCUT2D eigenvalue weighted by atomic mass is 10.2. The van der Waals surface area contributed by atoms with Crippen LogP contribution in [0.1, 0.15) is 25.0 Å². The summed E-state index contributed by atoms with van der Waals surface area (Å²) in [4.78, 5) is 17.3. The molecule has 0 bridgehead atoms. The van der Waals surface area contributed by atoms with E-state index in [2.05, 4.69) is 10.5 Å². The van der Waals surface area contributed by atoms with E-state index in [1.165, 1.54) is 6.21 Å². The predicted octanol–water partition coefficient (Wildman–Crippen LogP) is 3.15. The quantitative estimate of drug-likeness (QED) is 0.553. The van der Waals surface area contributed by atoms with Gasteiger partial charge in [-0.1, -0.05) is 35.5 Å². The van der Waals surface area contributed by atoms with Crippen LogP contribution in [0.4, 0.5) is 0 Å². The van der Waals surface area contributed by atoms with Crippen LogP contribution in [0.2, 0.25) is 0 Å². The predicted molar refractivity (Wildman–Crippen MR) is 101 cm³/mol. The molecule has 0 aliphatic carbocycles. The fourth-order valence-electron chi connectivity index (χ4n) is 2.20. The summed E-state index contributed by atoms with van der Waals surface area (Å²) in [6, 6.07) is 15.1. The number of hydrogen-bond acceptors (Lipinski definition) is 5. The van der Waals surface area contributed by atoms with Crippen molar-refractivity contribution in [1.82, 2.24) is 5.32 Å². The van der Waals surface area contributed by atoms with E-state index in [4.69, 9.17) is 14.3 Å². The smallest absolute Gasteiger partial charge is 0.263 e. The van der Waals surface area contributed by atoms with E-state index in [1.54, 1.807) is 26.2 Å². The molecule has 2 aromatic carbocycles. The Kier molecular flexibility index (Phi) is 7.49. The van der Waals surface area contributed by atoms with Crippen molar-refractivity contribution in [3.8, 4) is 11.5 Å². The van der Waals surface area contributed by atoms with Crippen LogP contribution < -0.4 is 14.8 Å². The van der Waals surface area contributed by atoms with Crippen LogP contribution >= 0.6 is 0 Å². The van der Waals surface area contributed by atoms with Gasteiger partial charge in [-0.05, 0) is 37.6 Å². The van der Waals surface area contributed by atoms with Gasteiger partial charge < -0.3 is 19.6 Å². The third-order valence-electron chi connectivity index (χ3n) is 3.59. The third kappa shape index (κ3) is 5.81. The van der Waals surface area contributed by atoms with Gasteiger partial charge in [-0.2, -0.15) is 0 Å². The second kappa shape index (κ2) is 10.1. The zero-order valence-electron chi connectivity index (χ0n) is 15.3. The highest BCUT2D eigenvalue weighted by atomic mass is 16.6. The molecule has 0 aromatic heterocycles. The van der Waals surface area contributed by atoms with Gasteiger partial charge in [0, 0.05) is 12.1 Å². The Labute approximate surface area is 153 Å². The van der Waals surface area contributed by atoms with Crippen LogP contribution in [0.5, 0.6) is 11.5 Å². The molecule has 2 aromatic rings. The lowest BCUT2D eigenvalue weighted by molar-refractivity contribution is -0.131. The minimum atomic E-state index is -0.695. The molecule has 6 heteroatoms. The van der Waals surface area contributed by atoms with Crippen molar-refractivity contribution in [1.29, 1.82) is 0 Å². The van der Waals surface area contributed by atoms with E-state index in [9.17, 15) is 4.79 Å². The molecule has 1 N–H and O–H groups in total.